The molecular weight excluding hydrogens is 357 g/mol. The van der Waals surface area contributed by atoms with Crippen molar-refractivity contribution in [3.05, 3.63) is 30.3 Å². The van der Waals surface area contributed by atoms with E-state index in [0.29, 0.717) is 0 Å². The van der Waals surface area contributed by atoms with Gasteiger partial charge in [0.1, 0.15) is 6.73 Å². The molecule has 0 heterocycles. The van der Waals surface area contributed by atoms with Crippen LogP contribution in [0.4, 0.5) is 0 Å². The van der Waals surface area contributed by atoms with E-state index in [0.717, 1.165) is 0 Å². The lowest BCUT2D eigenvalue weighted by atomic mass is 10.4. The van der Waals surface area contributed by atoms with Crippen LogP contribution in [0.1, 0.15) is 0 Å². The molecule has 0 aliphatic heterocycles. The summed E-state index contributed by atoms with van der Waals surface area (Å²) in [5, 5.41) is 9.42. The Balaban J connectivity index is 2.76. The molecule has 0 aliphatic carbocycles. The first-order chi connectivity index (χ1) is 7.98. The first-order valence-corrected chi connectivity index (χ1v) is 7.15. The highest BCUT2D eigenvalue weighted by atomic mass is 127. The zero-order valence-electron chi connectivity index (χ0n) is 8.65. The second-order valence-corrected chi connectivity index (χ2v) is 5.89. The van der Waals surface area contributed by atoms with E-state index in [-0.39, 0.29) is 9.36 Å². The lowest BCUT2D eigenvalue weighted by molar-refractivity contribution is -0.0838. The fourth-order valence-corrected chi connectivity index (χ4v) is 2.07. The van der Waals surface area contributed by atoms with Gasteiger partial charge >= 0.3 is 0 Å². The Hall–Kier alpha value is -0.660. The van der Waals surface area contributed by atoms with Crippen molar-refractivity contribution < 1.29 is 18.4 Å². The molecule has 0 aliphatic rings. The zero-order valence-corrected chi connectivity index (χ0v) is 11.6. The molecule has 0 aromatic heterocycles. The molecule has 0 saturated heterocycles. The number of nitrogens with zero attached hydrogens (tertiary/aromatic N) is 1. The van der Waals surface area contributed by atoms with Crippen LogP contribution < -0.4 is 0 Å². The summed E-state index contributed by atoms with van der Waals surface area (Å²) in [5.41, 5.74) is 0. The van der Waals surface area contributed by atoms with Gasteiger partial charge in [0, 0.05) is 0 Å². The van der Waals surface area contributed by atoms with Gasteiger partial charge in [0.2, 0.25) is 0 Å². The molecule has 5 nitrogen and oxygen atoms in total. The van der Waals surface area contributed by atoms with Gasteiger partial charge in [-0.1, -0.05) is 28.6 Å². The minimum Gasteiger partial charge on any atom is -0.337 e. The highest BCUT2D eigenvalue weighted by molar-refractivity contribution is 14.1. The molecule has 0 radical (unpaired) electrons. The van der Waals surface area contributed by atoms with Crippen molar-refractivity contribution in [3.8, 4) is 12.3 Å². The number of hydrogen-bond donors (Lipinski definition) is 1. The second kappa shape index (κ2) is 6.32. The number of rotatable bonds is 5. The third kappa shape index (κ3) is 3.93. The topological polar surface area (TPSA) is 66.8 Å². The number of terminal acetylenes is 1. The number of ether oxygens (including phenoxy) is 1. The van der Waals surface area contributed by atoms with Crippen molar-refractivity contribution in [3.63, 3.8) is 0 Å². The van der Waals surface area contributed by atoms with E-state index in [4.69, 9.17) is 11.2 Å². The Morgan fingerprint density at radius 3 is 2.59 bits per heavy atom. The molecule has 1 unspecified atom stereocenters. The molecule has 92 valence electrons. The summed E-state index contributed by atoms with van der Waals surface area (Å²) in [5.74, 6) is 2.24. The predicted molar refractivity (Wildman–Crippen MR) is 69.8 cm³/mol. The van der Waals surface area contributed by atoms with Crippen molar-refractivity contribution in [2.45, 2.75) is 9.01 Å². The van der Waals surface area contributed by atoms with E-state index >= 15 is 0 Å². The summed E-state index contributed by atoms with van der Waals surface area (Å²) in [6.07, 6.45) is 5.05. The molecule has 0 spiro atoms. The van der Waals surface area contributed by atoms with Crippen molar-refractivity contribution in [1.82, 2.24) is 4.47 Å². The zero-order chi connectivity index (χ0) is 12.9. The normalized spacial score (nSPS) is 13.3. The smallest absolute Gasteiger partial charge is 0.267 e. The van der Waals surface area contributed by atoms with Gasteiger partial charge in [-0.25, -0.2) is 8.42 Å². The Kier molecular flexibility index (Phi) is 5.35. The fourth-order valence-electron chi connectivity index (χ4n) is 0.961. The molecule has 0 bridgehead atoms. The molecule has 1 aromatic carbocycles. The Morgan fingerprint density at radius 2 is 2.06 bits per heavy atom. The number of hydrogen-bond acceptors (Lipinski definition) is 4. The average Bonchev–Trinajstić information content (AvgIpc) is 2.36. The van der Waals surface area contributed by atoms with Gasteiger partial charge in [-0.3, -0.25) is 5.21 Å². The maximum Gasteiger partial charge on any atom is 0.267 e. The van der Waals surface area contributed by atoms with Crippen LogP contribution in [0, 0.1) is 12.3 Å². The van der Waals surface area contributed by atoms with Crippen LogP contribution in [0.15, 0.2) is 35.2 Å². The number of halogens is 1. The Labute approximate surface area is 114 Å². The van der Waals surface area contributed by atoms with Gasteiger partial charge in [-0.05, 0) is 34.7 Å². The summed E-state index contributed by atoms with van der Waals surface area (Å²) in [4.78, 5) is -0.0168. The number of hydroxylamine groups is 1. The number of alkyl halides is 1. The van der Waals surface area contributed by atoms with Crippen LogP contribution >= 0.6 is 22.6 Å². The predicted octanol–water partition coefficient (Wildman–Crippen LogP) is 1.43. The van der Waals surface area contributed by atoms with Gasteiger partial charge < -0.3 is 4.74 Å². The molecule has 1 N–H and O–H groups in total. The first-order valence-electron chi connectivity index (χ1n) is 4.47. The maximum atomic E-state index is 11.8. The summed E-state index contributed by atoms with van der Waals surface area (Å²) < 4.78 is 28.0. The van der Waals surface area contributed by atoms with Crippen LogP contribution in [-0.2, 0) is 14.8 Å². The molecule has 17 heavy (non-hydrogen) atoms. The van der Waals surface area contributed by atoms with E-state index in [1.165, 1.54) is 12.1 Å². The minimum atomic E-state index is -3.95. The molecule has 1 aromatic rings. The lowest BCUT2D eigenvalue weighted by Gasteiger charge is -2.15. The van der Waals surface area contributed by atoms with Crippen molar-refractivity contribution >= 4 is 32.6 Å². The summed E-state index contributed by atoms with van der Waals surface area (Å²) in [7, 11) is -3.95. The molecule has 0 saturated carbocycles. The van der Waals surface area contributed by atoms with Gasteiger partial charge in [-0.15, -0.1) is 6.42 Å². The molecule has 7 heteroatoms. The van der Waals surface area contributed by atoms with Crippen molar-refractivity contribution in [1.29, 1.82) is 0 Å². The van der Waals surface area contributed by atoms with Crippen LogP contribution in [0.5, 0.6) is 0 Å². The number of benzene rings is 1. The Morgan fingerprint density at radius 1 is 1.47 bits per heavy atom. The van der Waals surface area contributed by atoms with Gasteiger partial charge in [0.15, 0.2) is 4.11 Å². The summed E-state index contributed by atoms with van der Waals surface area (Å²) >= 11 is 1.79. The van der Waals surface area contributed by atoms with Gasteiger partial charge in [-0.2, -0.15) is 0 Å². The molecule has 0 fully saturated rings. The third-order valence-corrected chi connectivity index (χ3v) is 4.03. The quantitative estimate of drug-likeness (QED) is 0.281. The van der Waals surface area contributed by atoms with Crippen LogP contribution in [-0.4, -0.2) is 28.9 Å². The molecule has 0 amide bonds. The SMILES string of the molecule is C#CC(I)OCN(O)S(=O)(=O)c1ccccc1. The van der Waals surface area contributed by atoms with E-state index in [1.54, 1.807) is 40.8 Å². The Bertz CT molecular complexity index is 497. The fraction of sp³-hybridized carbons (Fsp3) is 0.200. The molecular formula is C10H10INO4S. The third-order valence-electron chi connectivity index (χ3n) is 1.78. The highest BCUT2D eigenvalue weighted by Gasteiger charge is 2.23. The highest BCUT2D eigenvalue weighted by Crippen LogP contribution is 2.13. The monoisotopic (exact) mass is 367 g/mol. The number of sulfonamides is 1. The maximum absolute atomic E-state index is 11.8. The summed E-state index contributed by atoms with van der Waals surface area (Å²) in [6, 6.07) is 7.55. The summed E-state index contributed by atoms with van der Waals surface area (Å²) in [6.45, 7) is -0.519. The van der Waals surface area contributed by atoms with E-state index in [9.17, 15) is 13.6 Å². The largest absolute Gasteiger partial charge is 0.337 e. The standard InChI is InChI=1S/C10H10INO4S/c1-2-10(11)16-8-12(13)17(14,15)9-6-4-3-5-7-9/h1,3-7,10,13H,8H2. The molecule has 1 atom stereocenters. The van der Waals surface area contributed by atoms with E-state index in [2.05, 4.69) is 5.92 Å². The van der Waals surface area contributed by atoms with Crippen molar-refractivity contribution in [2.75, 3.05) is 6.73 Å². The lowest BCUT2D eigenvalue weighted by Crippen LogP contribution is -2.31. The van der Waals surface area contributed by atoms with Crippen molar-refractivity contribution in [2.24, 2.45) is 0 Å². The van der Waals surface area contributed by atoms with E-state index in [1.807, 2.05) is 0 Å². The minimum absolute atomic E-state index is 0.0168. The first kappa shape index (κ1) is 14.4. The van der Waals surface area contributed by atoms with Crippen LogP contribution in [0.2, 0.25) is 0 Å². The second-order valence-electron chi connectivity index (χ2n) is 2.92. The van der Waals surface area contributed by atoms with Gasteiger partial charge in [0.05, 0.1) is 4.90 Å². The van der Waals surface area contributed by atoms with Crippen LogP contribution in [0.3, 0.4) is 0 Å². The van der Waals surface area contributed by atoms with Gasteiger partial charge in [0.25, 0.3) is 10.0 Å². The van der Waals surface area contributed by atoms with Crippen LogP contribution in [0.25, 0.3) is 0 Å². The average molecular weight is 367 g/mol. The molecule has 1 rings (SSSR count). The van der Waals surface area contributed by atoms with E-state index < -0.39 is 20.9 Å².